The molecule has 1 unspecified atom stereocenters. The van der Waals surface area contributed by atoms with Crippen LogP contribution in [0.2, 0.25) is 0 Å². The number of nitrogens with zero attached hydrogens (tertiary/aromatic N) is 1. The monoisotopic (exact) mass is 236 g/mol. The Hall–Kier alpha value is -0.900. The van der Waals surface area contributed by atoms with Gasteiger partial charge in [0.1, 0.15) is 0 Å². The highest BCUT2D eigenvalue weighted by Crippen LogP contribution is 2.16. The van der Waals surface area contributed by atoms with Crippen molar-refractivity contribution in [1.29, 1.82) is 0 Å². The van der Waals surface area contributed by atoms with E-state index in [2.05, 4.69) is 30.9 Å². The van der Waals surface area contributed by atoms with Crippen LogP contribution in [0.15, 0.2) is 24.3 Å². The predicted molar refractivity (Wildman–Crippen MR) is 72.1 cm³/mol. The standard InChI is InChI=1S/C14H24N2O/c1-4-16(9-10-17-3)11-14(15)13-8-6-5-7-12(13)2/h5-8,14H,4,9-11,15H2,1-3H3. The number of benzene rings is 1. The van der Waals surface area contributed by atoms with Crippen LogP contribution in [-0.2, 0) is 4.74 Å². The van der Waals surface area contributed by atoms with E-state index in [1.54, 1.807) is 7.11 Å². The Labute approximate surface area is 105 Å². The van der Waals surface area contributed by atoms with Gasteiger partial charge >= 0.3 is 0 Å². The summed E-state index contributed by atoms with van der Waals surface area (Å²) in [5.74, 6) is 0. The highest BCUT2D eigenvalue weighted by molar-refractivity contribution is 5.28. The molecule has 0 saturated carbocycles. The number of hydrogen-bond acceptors (Lipinski definition) is 3. The molecule has 0 heterocycles. The fraction of sp³-hybridized carbons (Fsp3) is 0.571. The number of methoxy groups -OCH3 is 1. The van der Waals surface area contributed by atoms with Crippen molar-refractivity contribution in [3.8, 4) is 0 Å². The van der Waals surface area contributed by atoms with Crippen molar-refractivity contribution in [3.05, 3.63) is 35.4 Å². The van der Waals surface area contributed by atoms with E-state index in [1.807, 2.05) is 12.1 Å². The Morgan fingerprint density at radius 3 is 2.65 bits per heavy atom. The molecule has 0 aromatic heterocycles. The van der Waals surface area contributed by atoms with Crippen LogP contribution in [0.4, 0.5) is 0 Å². The molecule has 1 atom stereocenters. The second-order valence-corrected chi connectivity index (χ2v) is 4.35. The third-order valence-electron chi connectivity index (χ3n) is 3.10. The molecule has 3 nitrogen and oxygen atoms in total. The van der Waals surface area contributed by atoms with Gasteiger partial charge in [0, 0.05) is 26.2 Å². The maximum absolute atomic E-state index is 6.26. The van der Waals surface area contributed by atoms with Gasteiger partial charge in [0.25, 0.3) is 0 Å². The molecule has 2 N–H and O–H groups in total. The molecular formula is C14H24N2O. The summed E-state index contributed by atoms with van der Waals surface area (Å²) >= 11 is 0. The topological polar surface area (TPSA) is 38.5 Å². The molecule has 0 amide bonds. The molecule has 0 radical (unpaired) electrons. The zero-order valence-electron chi connectivity index (χ0n) is 11.1. The van der Waals surface area contributed by atoms with Gasteiger partial charge in [0.05, 0.1) is 6.61 Å². The lowest BCUT2D eigenvalue weighted by molar-refractivity contribution is 0.147. The zero-order chi connectivity index (χ0) is 12.7. The van der Waals surface area contributed by atoms with Crippen LogP contribution in [0, 0.1) is 6.92 Å². The lowest BCUT2D eigenvalue weighted by atomic mass is 10.0. The summed E-state index contributed by atoms with van der Waals surface area (Å²) in [6, 6.07) is 8.40. The Balaban J connectivity index is 2.58. The SMILES string of the molecule is CCN(CCOC)CC(N)c1ccccc1C. The minimum absolute atomic E-state index is 0.0769. The average molecular weight is 236 g/mol. The van der Waals surface area contributed by atoms with Crippen LogP contribution in [0.25, 0.3) is 0 Å². The molecule has 0 fully saturated rings. The average Bonchev–Trinajstić information content (AvgIpc) is 2.34. The van der Waals surface area contributed by atoms with E-state index >= 15 is 0 Å². The van der Waals surface area contributed by atoms with E-state index in [0.717, 1.165) is 26.2 Å². The number of hydrogen-bond donors (Lipinski definition) is 1. The first kappa shape index (κ1) is 14.2. The van der Waals surface area contributed by atoms with E-state index in [4.69, 9.17) is 10.5 Å². The van der Waals surface area contributed by atoms with Gasteiger partial charge in [-0.25, -0.2) is 0 Å². The van der Waals surface area contributed by atoms with E-state index < -0.39 is 0 Å². The van der Waals surface area contributed by atoms with E-state index in [1.165, 1.54) is 11.1 Å². The minimum atomic E-state index is 0.0769. The molecule has 0 aliphatic carbocycles. The minimum Gasteiger partial charge on any atom is -0.383 e. The Bertz CT molecular complexity index is 328. The molecule has 0 aliphatic rings. The van der Waals surface area contributed by atoms with Crippen LogP contribution in [0.1, 0.15) is 24.1 Å². The summed E-state index contributed by atoms with van der Waals surface area (Å²) in [6.45, 7) is 7.84. The smallest absolute Gasteiger partial charge is 0.0589 e. The zero-order valence-corrected chi connectivity index (χ0v) is 11.1. The molecule has 17 heavy (non-hydrogen) atoms. The molecule has 0 aliphatic heterocycles. The van der Waals surface area contributed by atoms with Gasteiger partial charge in [-0.05, 0) is 24.6 Å². The van der Waals surface area contributed by atoms with Crippen LogP contribution >= 0.6 is 0 Å². The van der Waals surface area contributed by atoms with Crippen LogP contribution in [-0.4, -0.2) is 38.3 Å². The van der Waals surface area contributed by atoms with E-state index in [0.29, 0.717) is 0 Å². The maximum Gasteiger partial charge on any atom is 0.0589 e. The van der Waals surface area contributed by atoms with Crippen molar-refractivity contribution in [3.63, 3.8) is 0 Å². The second kappa shape index (κ2) is 7.43. The highest BCUT2D eigenvalue weighted by Gasteiger charge is 2.12. The largest absolute Gasteiger partial charge is 0.383 e. The summed E-state index contributed by atoms with van der Waals surface area (Å²) in [4.78, 5) is 2.32. The highest BCUT2D eigenvalue weighted by atomic mass is 16.5. The lowest BCUT2D eigenvalue weighted by Crippen LogP contribution is -2.34. The first-order valence-electron chi connectivity index (χ1n) is 6.21. The fourth-order valence-electron chi connectivity index (χ4n) is 1.98. The van der Waals surface area contributed by atoms with Crippen molar-refractivity contribution in [2.45, 2.75) is 19.9 Å². The van der Waals surface area contributed by atoms with Gasteiger partial charge in [-0.3, -0.25) is 4.90 Å². The summed E-state index contributed by atoms with van der Waals surface area (Å²) < 4.78 is 5.10. The van der Waals surface area contributed by atoms with Crippen LogP contribution < -0.4 is 5.73 Å². The molecular weight excluding hydrogens is 212 g/mol. The van der Waals surface area contributed by atoms with Gasteiger partial charge in [-0.2, -0.15) is 0 Å². The maximum atomic E-state index is 6.26. The van der Waals surface area contributed by atoms with Crippen LogP contribution in [0.3, 0.4) is 0 Å². The van der Waals surface area contributed by atoms with Gasteiger partial charge in [-0.15, -0.1) is 0 Å². The number of ether oxygens (including phenoxy) is 1. The molecule has 0 bridgehead atoms. The summed E-state index contributed by atoms with van der Waals surface area (Å²) in [7, 11) is 1.73. The van der Waals surface area contributed by atoms with Crippen molar-refractivity contribution < 1.29 is 4.74 Å². The molecule has 0 spiro atoms. The predicted octanol–water partition coefficient (Wildman–Crippen LogP) is 1.96. The van der Waals surface area contributed by atoms with E-state index in [-0.39, 0.29) is 6.04 Å². The molecule has 96 valence electrons. The third-order valence-corrected chi connectivity index (χ3v) is 3.10. The Kier molecular flexibility index (Phi) is 6.19. The van der Waals surface area contributed by atoms with Gasteiger partial charge < -0.3 is 10.5 Å². The quantitative estimate of drug-likeness (QED) is 0.786. The molecule has 1 aromatic rings. The van der Waals surface area contributed by atoms with Gasteiger partial charge in [0.2, 0.25) is 0 Å². The molecule has 1 aromatic carbocycles. The molecule has 0 saturated heterocycles. The third kappa shape index (κ3) is 4.46. The number of aryl methyl sites for hydroxylation is 1. The van der Waals surface area contributed by atoms with Gasteiger partial charge in [-0.1, -0.05) is 31.2 Å². The Morgan fingerprint density at radius 2 is 2.06 bits per heavy atom. The van der Waals surface area contributed by atoms with Crippen molar-refractivity contribution in [2.75, 3.05) is 33.4 Å². The van der Waals surface area contributed by atoms with Crippen molar-refractivity contribution >= 4 is 0 Å². The first-order valence-corrected chi connectivity index (χ1v) is 6.21. The van der Waals surface area contributed by atoms with Gasteiger partial charge in [0.15, 0.2) is 0 Å². The van der Waals surface area contributed by atoms with E-state index in [9.17, 15) is 0 Å². The lowest BCUT2D eigenvalue weighted by Gasteiger charge is -2.24. The second-order valence-electron chi connectivity index (χ2n) is 4.35. The summed E-state index contributed by atoms with van der Waals surface area (Å²) in [5, 5.41) is 0. The Morgan fingerprint density at radius 1 is 1.35 bits per heavy atom. The number of nitrogens with two attached hydrogens (primary N) is 1. The molecule has 3 heteroatoms. The number of rotatable bonds is 7. The first-order chi connectivity index (χ1) is 8.19. The number of likely N-dealkylation sites (N-methyl/N-ethyl adjacent to an activating group) is 1. The molecule has 1 rings (SSSR count). The fourth-order valence-corrected chi connectivity index (χ4v) is 1.98. The summed E-state index contributed by atoms with van der Waals surface area (Å²) in [5.41, 5.74) is 8.77. The van der Waals surface area contributed by atoms with Crippen molar-refractivity contribution in [2.24, 2.45) is 5.73 Å². The summed E-state index contributed by atoms with van der Waals surface area (Å²) in [6.07, 6.45) is 0. The van der Waals surface area contributed by atoms with Crippen molar-refractivity contribution in [1.82, 2.24) is 4.90 Å². The van der Waals surface area contributed by atoms with Crippen LogP contribution in [0.5, 0.6) is 0 Å². The normalized spacial score (nSPS) is 13.0.